The molecule has 0 saturated carbocycles. The van der Waals surface area contributed by atoms with Crippen LogP contribution in [-0.4, -0.2) is 18.8 Å². The zero-order valence-electron chi connectivity index (χ0n) is 11.1. The van der Waals surface area contributed by atoms with Crippen molar-refractivity contribution in [2.24, 2.45) is 0 Å². The van der Waals surface area contributed by atoms with Gasteiger partial charge < -0.3 is 5.32 Å². The van der Waals surface area contributed by atoms with Gasteiger partial charge in [0.05, 0.1) is 0 Å². The number of alkyl halides is 3. The van der Waals surface area contributed by atoms with Gasteiger partial charge in [0.2, 0.25) is 0 Å². The first kappa shape index (κ1) is 14.4. The molecule has 4 heteroatoms. The molecule has 0 heterocycles. The Hall–Kier alpha value is -1.03. The maximum absolute atomic E-state index is 12.4. The van der Waals surface area contributed by atoms with Crippen molar-refractivity contribution in [3.63, 3.8) is 0 Å². The largest absolute Gasteiger partial charge is 0.389 e. The smallest absolute Gasteiger partial charge is 0.314 e. The molecule has 1 nitrogen and oxygen atoms in total. The summed E-state index contributed by atoms with van der Waals surface area (Å²) in [6.07, 6.45) is -2.67. The lowest BCUT2D eigenvalue weighted by atomic mass is 9.90. The number of fused-ring (bicyclic) bond motifs is 1. The molecular formula is C15H20F3N. The van der Waals surface area contributed by atoms with Crippen molar-refractivity contribution in [1.82, 2.24) is 5.32 Å². The van der Waals surface area contributed by atoms with Crippen LogP contribution in [0.5, 0.6) is 0 Å². The van der Waals surface area contributed by atoms with Crippen molar-refractivity contribution in [2.75, 3.05) is 6.54 Å². The molecule has 1 aliphatic rings. The Balaban J connectivity index is 2.08. The fourth-order valence-corrected chi connectivity index (χ4v) is 3.03. The molecular weight excluding hydrogens is 251 g/mol. The Kier molecular flexibility index (Phi) is 4.50. The van der Waals surface area contributed by atoms with E-state index in [0.717, 1.165) is 12.8 Å². The molecule has 2 rings (SSSR count). The molecule has 0 aliphatic heterocycles. The number of halogens is 3. The van der Waals surface area contributed by atoms with Crippen molar-refractivity contribution in [3.8, 4) is 0 Å². The van der Waals surface area contributed by atoms with Crippen LogP contribution in [0.3, 0.4) is 0 Å². The summed E-state index contributed by atoms with van der Waals surface area (Å²) < 4.78 is 37.2. The van der Waals surface area contributed by atoms with E-state index >= 15 is 0 Å². The lowest BCUT2D eigenvalue weighted by Crippen LogP contribution is -2.35. The molecule has 2 unspecified atom stereocenters. The molecule has 0 radical (unpaired) electrons. The molecule has 0 saturated heterocycles. The van der Waals surface area contributed by atoms with Crippen LogP contribution in [0.2, 0.25) is 0 Å². The molecule has 0 fully saturated rings. The molecule has 0 aromatic heterocycles. The Morgan fingerprint density at radius 1 is 1.32 bits per heavy atom. The molecule has 1 aromatic rings. The second-order valence-electron chi connectivity index (χ2n) is 5.16. The first-order valence-corrected chi connectivity index (χ1v) is 6.89. The van der Waals surface area contributed by atoms with Gasteiger partial charge in [0.1, 0.15) is 0 Å². The molecule has 0 amide bonds. The van der Waals surface area contributed by atoms with E-state index in [9.17, 15) is 13.2 Å². The predicted octanol–water partition coefficient (Wildman–Crippen LogP) is 4.04. The van der Waals surface area contributed by atoms with Gasteiger partial charge in [-0.3, -0.25) is 0 Å². The van der Waals surface area contributed by atoms with Crippen LogP contribution in [0.15, 0.2) is 24.3 Å². The van der Waals surface area contributed by atoms with Crippen LogP contribution in [0.25, 0.3) is 0 Å². The highest BCUT2D eigenvalue weighted by molar-refractivity contribution is 5.36. The molecule has 2 atom stereocenters. The van der Waals surface area contributed by atoms with Gasteiger partial charge in [-0.2, -0.15) is 13.2 Å². The van der Waals surface area contributed by atoms with E-state index in [0.29, 0.717) is 6.54 Å². The predicted molar refractivity (Wildman–Crippen MR) is 70.3 cm³/mol. The SMILES string of the molecule is CCNC(CCC(F)(F)F)C1CCc2ccccc21. The minimum absolute atomic E-state index is 0.0738. The van der Waals surface area contributed by atoms with Crippen LogP contribution in [-0.2, 0) is 6.42 Å². The fraction of sp³-hybridized carbons (Fsp3) is 0.600. The molecule has 1 aromatic carbocycles. The Morgan fingerprint density at radius 3 is 2.74 bits per heavy atom. The fourth-order valence-electron chi connectivity index (χ4n) is 3.03. The summed E-state index contributed by atoms with van der Waals surface area (Å²) in [5.74, 6) is 0.221. The highest BCUT2D eigenvalue weighted by Gasteiger charge is 2.33. The summed E-state index contributed by atoms with van der Waals surface area (Å²) in [6.45, 7) is 2.66. The van der Waals surface area contributed by atoms with Crippen molar-refractivity contribution in [1.29, 1.82) is 0 Å². The van der Waals surface area contributed by atoms with Gasteiger partial charge >= 0.3 is 6.18 Å². The highest BCUT2D eigenvalue weighted by Crippen LogP contribution is 2.37. The third kappa shape index (κ3) is 3.72. The highest BCUT2D eigenvalue weighted by atomic mass is 19.4. The number of likely N-dealkylation sites (N-methyl/N-ethyl adjacent to an activating group) is 1. The Bertz CT molecular complexity index is 414. The van der Waals surface area contributed by atoms with E-state index in [1.54, 1.807) is 0 Å². The normalized spacial score (nSPS) is 20.3. The number of benzene rings is 1. The summed E-state index contributed by atoms with van der Waals surface area (Å²) in [6, 6.07) is 8.05. The maximum Gasteiger partial charge on any atom is 0.389 e. The third-order valence-corrected chi connectivity index (χ3v) is 3.87. The number of hydrogen-bond acceptors (Lipinski definition) is 1. The zero-order chi connectivity index (χ0) is 13.9. The van der Waals surface area contributed by atoms with Crippen molar-refractivity contribution in [2.45, 2.75) is 50.7 Å². The van der Waals surface area contributed by atoms with Crippen LogP contribution in [0.4, 0.5) is 13.2 Å². The van der Waals surface area contributed by atoms with E-state index in [2.05, 4.69) is 17.4 Å². The van der Waals surface area contributed by atoms with Crippen LogP contribution in [0.1, 0.15) is 43.2 Å². The Morgan fingerprint density at radius 2 is 2.05 bits per heavy atom. The topological polar surface area (TPSA) is 12.0 Å². The van der Waals surface area contributed by atoms with Crippen molar-refractivity contribution >= 4 is 0 Å². The summed E-state index contributed by atoms with van der Waals surface area (Å²) >= 11 is 0. The standard InChI is InChI=1S/C15H20F3N/c1-2-19-14(9-10-15(16,17)18)13-8-7-11-5-3-4-6-12(11)13/h3-6,13-14,19H,2,7-10H2,1H3. The third-order valence-electron chi connectivity index (χ3n) is 3.87. The van der Waals surface area contributed by atoms with Crippen LogP contribution < -0.4 is 5.32 Å². The molecule has 0 spiro atoms. The minimum atomic E-state index is -4.06. The summed E-state index contributed by atoms with van der Waals surface area (Å²) in [4.78, 5) is 0. The van der Waals surface area contributed by atoms with Gasteiger partial charge in [0.15, 0.2) is 0 Å². The Labute approximate surface area is 112 Å². The second kappa shape index (κ2) is 5.95. The van der Waals surface area contributed by atoms with Crippen LogP contribution >= 0.6 is 0 Å². The van der Waals surface area contributed by atoms with Gasteiger partial charge in [-0.25, -0.2) is 0 Å². The van der Waals surface area contributed by atoms with Crippen molar-refractivity contribution in [3.05, 3.63) is 35.4 Å². The lowest BCUT2D eigenvalue weighted by Gasteiger charge is -2.26. The van der Waals surface area contributed by atoms with Gasteiger partial charge in [0.25, 0.3) is 0 Å². The van der Waals surface area contributed by atoms with E-state index < -0.39 is 12.6 Å². The number of nitrogens with one attached hydrogen (secondary N) is 1. The average molecular weight is 271 g/mol. The van der Waals surface area contributed by atoms with Gasteiger partial charge in [-0.1, -0.05) is 31.2 Å². The van der Waals surface area contributed by atoms with E-state index in [4.69, 9.17) is 0 Å². The van der Waals surface area contributed by atoms with E-state index in [-0.39, 0.29) is 18.4 Å². The second-order valence-corrected chi connectivity index (χ2v) is 5.16. The lowest BCUT2D eigenvalue weighted by molar-refractivity contribution is -0.136. The number of hydrogen-bond donors (Lipinski definition) is 1. The maximum atomic E-state index is 12.4. The zero-order valence-corrected chi connectivity index (χ0v) is 11.1. The van der Waals surface area contributed by atoms with E-state index in [1.165, 1.54) is 11.1 Å². The monoisotopic (exact) mass is 271 g/mol. The molecule has 106 valence electrons. The first-order chi connectivity index (χ1) is 9.01. The molecule has 19 heavy (non-hydrogen) atoms. The minimum Gasteiger partial charge on any atom is -0.314 e. The van der Waals surface area contributed by atoms with Gasteiger partial charge in [0, 0.05) is 12.5 Å². The average Bonchev–Trinajstić information content (AvgIpc) is 2.77. The number of aryl methyl sites for hydroxylation is 1. The van der Waals surface area contributed by atoms with Crippen LogP contribution in [0, 0.1) is 0 Å². The summed E-state index contributed by atoms with van der Waals surface area (Å²) in [5.41, 5.74) is 2.53. The van der Waals surface area contributed by atoms with Crippen molar-refractivity contribution < 1.29 is 13.2 Å². The van der Waals surface area contributed by atoms with E-state index in [1.807, 2.05) is 19.1 Å². The molecule has 1 N–H and O–H groups in total. The van der Waals surface area contributed by atoms with Gasteiger partial charge in [-0.15, -0.1) is 0 Å². The molecule has 0 bridgehead atoms. The summed E-state index contributed by atoms with van der Waals surface area (Å²) in [7, 11) is 0. The first-order valence-electron chi connectivity index (χ1n) is 6.89. The molecule has 1 aliphatic carbocycles. The summed E-state index contributed by atoms with van der Waals surface area (Å²) in [5, 5.41) is 3.24. The quantitative estimate of drug-likeness (QED) is 0.852. The number of rotatable bonds is 5. The van der Waals surface area contributed by atoms with Gasteiger partial charge in [-0.05, 0) is 42.9 Å².